The van der Waals surface area contributed by atoms with E-state index in [1.807, 2.05) is 0 Å². The standard InChI is InChI=1S/C22H20FN7O4/c1-22(12-2-7-15-16(10-12)34-9-8-33-15)18(31)30(21(32)29-22)11-17-26-19(24)28-20(27-17)25-14-5-3-13(23)4-6-14/h2-7,10H,8-9,11H2,1H3,(H,29,32)(H3,24,25,26,27,28)/t22-/m0/s1. The summed E-state index contributed by atoms with van der Waals surface area (Å²) in [5.41, 5.74) is 5.55. The zero-order valence-corrected chi connectivity index (χ0v) is 18.0. The Morgan fingerprint density at radius 2 is 1.82 bits per heavy atom. The van der Waals surface area contributed by atoms with Gasteiger partial charge in [-0.2, -0.15) is 15.0 Å². The molecule has 12 heteroatoms. The Labute approximate surface area is 193 Å². The van der Waals surface area contributed by atoms with E-state index in [1.165, 1.54) is 24.3 Å². The second-order valence-electron chi connectivity index (χ2n) is 7.87. The Morgan fingerprint density at radius 3 is 2.59 bits per heavy atom. The summed E-state index contributed by atoms with van der Waals surface area (Å²) in [6.45, 7) is 2.23. The molecule has 1 aromatic heterocycles. The highest BCUT2D eigenvalue weighted by Crippen LogP contribution is 2.37. The molecule has 3 aromatic rings. The Hall–Kier alpha value is -4.48. The van der Waals surface area contributed by atoms with Gasteiger partial charge in [0.05, 0.1) is 6.54 Å². The second kappa shape index (κ2) is 8.14. The lowest BCUT2D eigenvalue weighted by Gasteiger charge is -2.25. The average Bonchev–Trinajstić information content (AvgIpc) is 3.04. The lowest BCUT2D eigenvalue weighted by molar-refractivity contribution is -0.131. The molecule has 1 atom stereocenters. The molecule has 3 amide bonds. The number of benzene rings is 2. The van der Waals surface area contributed by atoms with Gasteiger partial charge in [0.15, 0.2) is 17.3 Å². The second-order valence-corrected chi connectivity index (χ2v) is 7.87. The number of hydrogen-bond donors (Lipinski definition) is 3. The number of carbonyl (C=O) groups is 2. The van der Waals surface area contributed by atoms with Crippen LogP contribution in [-0.2, 0) is 16.9 Å². The maximum Gasteiger partial charge on any atom is 0.325 e. The Kier molecular flexibility index (Phi) is 5.11. The summed E-state index contributed by atoms with van der Waals surface area (Å²) < 4.78 is 24.3. The van der Waals surface area contributed by atoms with Gasteiger partial charge < -0.3 is 25.8 Å². The lowest BCUT2D eigenvalue weighted by atomic mass is 9.91. The van der Waals surface area contributed by atoms with Crippen molar-refractivity contribution in [3.63, 3.8) is 0 Å². The van der Waals surface area contributed by atoms with Gasteiger partial charge in [0.2, 0.25) is 11.9 Å². The minimum Gasteiger partial charge on any atom is -0.486 e. The van der Waals surface area contributed by atoms with Crippen molar-refractivity contribution in [2.45, 2.75) is 19.0 Å². The topological polar surface area (TPSA) is 145 Å². The first-order valence-electron chi connectivity index (χ1n) is 10.4. The molecule has 34 heavy (non-hydrogen) atoms. The van der Waals surface area contributed by atoms with Crippen molar-refractivity contribution in [3.05, 3.63) is 59.7 Å². The van der Waals surface area contributed by atoms with E-state index in [0.29, 0.717) is 36.0 Å². The monoisotopic (exact) mass is 465 g/mol. The molecule has 174 valence electrons. The van der Waals surface area contributed by atoms with Gasteiger partial charge in [0, 0.05) is 5.69 Å². The first-order valence-corrected chi connectivity index (χ1v) is 10.4. The number of urea groups is 1. The molecule has 0 saturated carbocycles. The molecule has 4 N–H and O–H groups in total. The van der Waals surface area contributed by atoms with E-state index in [2.05, 4.69) is 25.6 Å². The minimum absolute atomic E-state index is 0.0933. The SMILES string of the molecule is C[C@@]1(c2ccc3c(c2)OCCO3)NC(=O)N(Cc2nc(N)nc(Nc3ccc(F)cc3)n2)C1=O. The van der Waals surface area contributed by atoms with Crippen molar-refractivity contribution in [1.29, 1.82) is 0 Å². The zero-order valence-electron chi connectivity index (χ0n) is 18.0. The molecule has 11 nitrogen and oxygen atoms in total. The molecule has 0 unspecified atom stereocenters. The number of ether oxygens (including phenoxy) is 2. The summed E-state index contributed by atoms with van der Waals surface area (Å²) in [4.78, 5) is 39.4. The molecular weight excluding hydrogens is 445 g/mol. The van der Waals surface area contributed by atoms with Gasteiger partial charge in [-0.1, -0.05) is 6.07 Å². The number of carbonyl (C=O) groups excluding carboxylic acids is 2. The van der Waals surface area contributed by atoms with E-state index in [0.717, 1.165) is 4.90 Å². The van der Waals surface area contributed by atoms with Crippen molar-refractivity contribution in [2.24, 2.45) is 0 Å². The van der Waals surface area contributed by atoms with Crippen LogP contribution in [0.2, 0.25) is 0 Å². The fourth-order valence-electron chi connectivity index (χ4n) is 3.76. The van der Waals surface area contributed by atoms with E-state index in [1.54, 1.807) is 25.1 Å². The average molecular weight is 465 g/mol. The number of amides is 3. The molecular formula is C22H20FN7O4. The van der Waals surface area contributed by atoms with Gasteiger partial charge in [-0.05, 0) is 48.9 Å². The molecule has 0 radical (unpaired) electrons. The third-order valence-corrected chi connectivity index (χ3v) is 5.49. The fourth-order valence-corrected chi connectivity index (χ4v) is 3.76. The number of nitrogens with two attached hydrogens (primary N) is 1. The molecule has 0 spiro atoms. The fraction of sp³-hybridized carbons (Fsp3) is 0.227. The summed E-state index contributed by atoms with van der Waals surface area (Å²) in [6, 6.07) is 10.1. The smallest absolute Gasteiger partial charge is 0.325 e. The van der Waals surface area contributed by atoms with Crippen molar-refractivity contribution in [3.8, 4) is 11.5 Å². The molecule has 3 heterocycles. The highest BCUT2D eigenvalue weighted by atomic mass is 19.1. The van der Waals surface area contributed by atoms with Crippen molar-refractivity contribution < 1.29 is 23.5 Å². The lowest BCUT2D eigenvalue weighted by Crippen LogP contribution is -2.41. The number of halogens is 1. The van der Waals surface area contributed by atoms with Gasteiger partial charge in [0.1, 0.15) is 24.6 Å². The molecule has 1 fully saturated rings. The minimum atomic E-state index is -1.32. The Morgan fingerprint density at radius 1 is 1.09 bits per heavy atom. The Balaban J connectivity index is 1.38. The molecule has 5 rings (SSSR count). The largest absolute Gasteiger partial charge is 0.486 e. The molecule has 0 aliphatic carbocycles. The summed E-state index contributed by atoms with van der Waals surface area (Å²) >= 11 is 0. The maximum absolute atomic E-state index is 13.3. The van der Waals surface area contributed by atoms with Gasteiger partial charge >= 0.3 is 6.03 Å². The van der Waals surface area contributed by atoms with Crippen LogP contribution < -0.4 is 25.8 Å². The molecule has 2 aliphatic rings. The number of imide groups is 1. The van der Waals surface area contributed by atoms with Crippen LogP contribution >= 0.6 is 0 Å². The Bertz CT molecular complexity index is 1290. The summed E-state index contributed by atoms with van der Waals surface area (Å²) in [5, 5.41) is 5.63. The van der Waals surface area contributed by atoms with Crippen molar-refractivity contribution >= 4 is 29.5 Å². The van der Waals surface area contributed by atoms with E-state index in [9.17, 15) is 14.0 Å². The van der Waals surface area contributed by atoms with Crippen LogP contribution in [0.4, 0.5) is 26.8 Å². The van der Waals surface area contributed by atoms with E-state index < -0.39 is 17.5 Å². The van der Waals surface area contributed by atoms with E-state index in [4.69, 9.17) is 15.2 Å². The number of nitrogens with one attached hydrogen (secondary N) is 2. The number of nitrogen functional groups attached to an aromatic ring is 1. The highest BCUT2D eigenvalue weighted by Gasteiger charge is 2.49. The van der Waals surface area contributed by atoms with Crippen LogP contribution in [0.25, 0.3) is 0 Å². The van der Waals surface area contributed by atoms with Gasteiger partial charge in [-0.3, -0.25) is 9.69 Å². The number of anilines is 3. The highest BCUT2D eigenvalue weighted by molar-refractivity contribution is 6.07. The first-order chi connectivity index (χ1) is 16.3. The van der Waals surface area contributed by atoms with Crippen LogP contribution in [0, 0.1) is 5.82 Å². The van der Waals surface area contributed by atoms with Crippen LogP contribution in [0.15, 0.2) is 42.5 Å². The quantitative estimate of drug-likeness (QED) is 0.482. The van der Waals surface area contributed by atoms with Gasteiger partial charge in [-0.25, -0.2) is 9.18 Å². The predicted molar refractivity (Wildman–Crippen MR) is 118 cm³/mol. The van der Waals surface area contributed by atoms with E-state index >= 15 is 0 Å². The number of rotatable bonds is 5. The van der Waals surface area contributed by atoms with Crippen LogP contribution in [0.3, 0.4) is 0 Å². The third-order valence-electron chi connectivity index (χ3n) is 5.49. The number of aromatic nitrogens is 3. The van der Waals surface area contributed by atoms with Gasteiger partial charge in [0.25, 0.3) is 5.91 Å². The molecule has 1 saturated heterocycles. The van der Waals surface area contributed by atoms with Crippen LogP contribution in [0.5, 0.6) is 11.5 Å². The molecule has 2 aliphatic heterocycles. The van der Waals surface area contributed by atoms with Gasteiger partial charge in [-0.15, -0.1) is 0 Å². The molecule has 0 bridgehead atoms. The zero-order chi connectivity index (χ0) is 23.9. The predicted octanol–water partition coefficient (Wildman–Crippen LogP) is 2.07. The van der Waals surface area contributed by atoms with Crippen LogP contribution in [-0.4, -0.2) is 45.0 Å². The maximum atomic E-state index is 13.3. The van der Waals surface area contributed by atoms with Crippen LogP contribution in [0.1, 0.15) is 18.3 Å². The summed E-state index contributed by atoms with van der Waals surface area (Å²) in [6.07, 6.45) is 0. The summed E-state index contributed by atoms with van der Waals surface area (Å²) in [5.74, 6) is 0.308. The first kappa shape index (κ1) is 21.4. The molecule has 2 aromatic carbocycles. The summed E-state index contributed by atoms with van der Waals surface area (Å²) in [7, 11) is 0. The van der Waals surface area contributed by atoms with Crippen molar-refractivity contribution in [1.82, 2.24) is 25.2 Å². The van der Waals surface area contributed by atoms with Crippen molar-refractivity contribution in [2.75, 3.05) is 24.3 Å². The number of nitrogens with zero attached hydrogens (tertiary/aromatic N) is 4. The normalized spacial score (nSPS) is 19.2. The number of hydrogen-bond acceptors (Lipinski definition) is 9. The third kappa shape index (κ3) is 3.89. The number of fused-ring (bicyclic) bond motifs is 1. The van der Waals surface area contributed by atoms with E-state index in [-0.39, 0.29) is 30.1 Å².